The van der Waals surface area contributed by atoms with Gasteiger partial charge < -0.3 is 10.2 Å². The van der Waals surface area contributed by atoms with Crippen LogP contribution in [0, 0.1) is 5.92 Å². The fourth-order valence-electron chi connectivity index (χ4n) is 3.21. The van der Waals surface area contributed by atoms with Crippen LogP contribution in [0.25, 0.3) is 0 Å². The van der Waals surface area contributed by atoms with Crippen molar-refractivity contribution < 1.29 is 0 Å². The largest absolute Gasteiger partial charge is 0.312 e. The van der Waals surface area contributed by atoms with Crippen LogP contribution in [0.5, 0.6) is 0 Å². The molecule has 1 aliphatic heterocycles. The standard InChI is InChI=1S/C14H28N2/c1-13-7-3-4-8-14(13)15-9-12-16-10-5-2-6-11-16/h13-15H,2-12H2,1H3/t13-,14+/m0/s1. The highest BCUT2D eigenvalue weighted by Crippen LogP contribution is 2.23. The summed E-state index contributed by atoms with van der Waals surface area (Å²) >= 11 is 0. The third-order valence-corrected chi connectivity index (χ3v) is 4.39. The van der Waals surface area contributed by atoms with E-state index in [1.165, 1.54) is 71.1 Å². The predicted molar refractivity (Wildman–Crippen MR) is 69.7 cm³/mol. The second-order valence-electron chi connectivity index (χ2n) is 5.72. The third kappa shape index (κ3) is 3.74. The first-order chi connectivity index (χ1) is 7.86. The van der Waals surface area contributed by atoms with Crippen molar-refractivity contribution in [3.63, 3.8) is 0 Å². The Hall–Kier alpha value is -0.0800. The van der Waals surface area contributed by atoms with Crippen LogP contribution in [0.1, 0.15) is 51.9 Å². The van der Waals surface area contributed by atoms with Crippen molar-refractivity contribution in [2.75, 3.05) is 26.2 Å². The minimum Gasteiger partial charge on any atom is -0.312 e. The van der Waals surface area contributed by atoms with Crippen LogP contribution in [0.2, 0.25) is 0 Å². The second kappa shape index (κ2) is 6.61. The van der Waals surface area contributed by atoms with Crippen LogP contribution in [0.15, 0.2) is 0 Å². The van der Waals surface area contributed by atoms with Gasteiger partial charge in [-0.1, -0.05) is 26.2 Å². The van der Waals surface area contributed by atoms with E-state index in [4.69, 9.17) is 0 Å². The summed E-state index contributed by atoms with van der Waals surface area (Å²) < 4.78 is 0. The van der Waals surface area contributed by atoms with Crippen LogP contribution in [-0.4, -0.2) is 37.1 Å². The second-order valence-corrected chi connectivity index (χ2v) is 5.72. The molecule has 0 aromatic heterocycles. The molecule has 1 aliphatic carbocycles. The average Bonchev–Trinajstić information content (AvgIpc) is 2.33. The molecule has 0 aromatic rings. The zero-order chi connectivity index (χ0) is 11.2. The molecular weight excluding hydrogens is 196 g/mol. The van der Waals surface area contributed by atoms with Gasteiger partial charge in [-0.2, -0.15) is 0 Å². The first-order valence-corrected chi connectivity index (χ1v) is 7.32. The van der Waals surface area contributed by atoms with E-state index < -0.39 is 0 Å². The molecule has 1 saturated carbocycles. The van der Waals surface area contributed by atoms with Gasteiger partial charge in [0.05, 0.1) is 0 Å². The summed E-state index contributed by atoms with van der Waals surface area (Å²) in [7, 11) is 0. The molecule has 0 unspecified atom stereocenters. The van der Waals surface area contributed by atoms with Crippen LogP contribution in [-0.2, 0) is 0 Å². The van der Waals surface area contributed by atoms with Gasteiger partial charge in [-0.25, -0.2) is 0 Å². The summed E-state index contributed by atoms with van der Waals surface area (Å²) in [6.07, 6.45) is 10.0. The van der Waals surface area contributed by atoms with Crippen molar-refractivity contribution in [2.45, 2.75) is 57.9 Å². The summed E-state index contributed by atoms with van der Waals surface area (Å²) in [5.41, 5.74) is 0. The van der Waals surface area contributed by atoms with Crippen molar-refractivity contribution in [1.82, 2.24) is 10.2 Å². The number of likely N-dealkylation sites (tertiary alicyclic amines) is 1. The fraction of sp³-hybridized carbons (Fsp3) is 1.00. The Labute approximate surface area is 101 Å². The molecule has 0 bridgehead atoms. The SMILES string of the molecule is C[C@H]1CCCC[C@H]1NCCN1CCCCC1. The molecule has 1 N–H and O–H groups in total. The number of piperidine rings is 1. The van der Waals surface area contributed by atoms with Crippen LogP contribution >= 0.6 is 0 Å². The lowest BCUT2D eigenvalue weighted by Crippen LogP contribution is -2.42. The highest BCUT2D eigenvalue weighted by molar-refractivity contribution is 4.78. The lowest BCUT2D eigenvalue weighted by molar-refractivity contribution is 0.213. The van der Waals surface area contributed by atoms with E-state index in [2.05, 4.69) is 17.1 Å². The summed E-state index contributed by atoms with van der Waals surface area (Å²) in [6, 6.07) is 0.804. The Morgan fingerprint density at radius 1 is 1.00 bits per heavy atom. The summed E-state index contributed by atoms with van der Waals surface area (Å²) in [5.74, 6) is 0.898. The third-order valence-electron chi connectivity index (χ3n) is 4.39. The first kappa shape index (κ1) is 12.4. The topological polar surface area (TPSA) is 15.3 Å². The van der Waals surface area contributed by atoms with Gasteiger partial charge in [0.25, 0.3) is 0 Å². The highest BCUT2D eigenvalue weighted by Gasteiger charge is 2.20. The molecule has 2 nitrogen and oxygen atoms in total. The van der Waals surface area contributed by atoms with Gasteiger partial charge in [0.2, 0.25) is 0 Å². The van der Waals surface area contributed by atoms with E-state index in [0.29, 0.717) is 0 Å². The molecule has 2 aliphatic rings. The Morgan fingerprint density at radius 3 is 2.50 bits per heavy atom. The number of nitrogens with one attached hydrogen (secondary N) is 1. The normalized spacial score (nSPS) is 32.8. The average molecular weight is 224 g/mol. The minimum absolute atomic E-state index is 0.804. The van der Waals surface area contributed by atoms with Crippen LogP contribution in [0.4, 0.5) is 0 Å². The fourth-order valence-corrected chi connectivity index (χ4v) is 3.21. The molecule has 2 atom stereocenters. The van der Waals surface area contributed by atoms with Crippen molar-refractivity contribution in [3.8, 4) is 0 Å². The van der Waals surface area contributed by atoms with Gasteiger partial charge in [0.1, 0.15) is 0 Å². The smallest absolute Gasteiger partial charge is 0.0107 e. The van der Waals surface area contributed by atoms with E-state index in [0.717, 1.165) is 12.0 Å². The molecular formula is C14H28N2. The Kier molecular flexibility index (Phi) is 5.11. The maximum atomic E-state index is 3.78. The van der Waals surface area contributed by atoms with E-state index >= 15 is 0 Å². The number of nitrogens with zero attached hydrogens (tertiary/aromatic N) is 1. The van der Waals surface area contributed by atoms with E-state index in [-0.39, 0.29) is 0 Å². The molecule has 2 fully saturated rings. The monoisotopic (exact) mass is 224 g/mol. The summed E-state index contributed by atoms with van der Waals surface area (Å²) in [4.78, 5) is 2.63. The summed E-state index contributed by atoms with van der Waals surface area (Å²) in [6.45, 7) is 7.56. The van der Waals surface area contributed by atoms with Gasteiger partial charge >= 0.3 is 0 Å². The molecule has 94 valence electrons. The quantitative estimate of drug-likeness (QED) is 0.790. The highest BCUT2D eigenvalue weighted by atomic mass is 15.1. The van der Waals surface area contributed by atoms with Crippen LogP contribution in [0.3, 0.4) is 0 Å². The molecule has 0 aromatic carbocycles. The molecule has 2 heteroatoms. The molecule has 1 saturated heterocycles. The maximum Gasteiger partial charge on any atom is 0.0107 e. The molecule has 1 heterocycles. The Morgan fingerprint density at radius 2 is 1.75 bits per heavy atom. The Balaban J connectivity index is 1.59. The van der Waals surface area contributed by atoms with Crippen molar-refractivity contribution in [3.05, 3.63) is 0 Å². The number of rotatable bonds is 4. The number of hydrogen-bond acceptors (Lipinski definition) is 2. The van der Waals surface area contributed by atoms with E-state index in [9.17, 15) is 0 Å². The minimum atomic E-state index is 0.804. The molecule has 16 heavy (non-hydrogen) atoms. The van der Waals surface area contributed by atoms with Gasteiger partial charge in [0, 0.05) is 19.1 Å². The summed E-state index contributed by atoms with van der Waals surface area (Å²) in [5, 5.41) is 3.78. The van der Waals surface area contributed by atoms with Crippen molar-refractivity contribution >= 4 is 0 Å². The van der Waals surface area contributed by atoms with Gasteiger partial charge in [-0.05, 0) is 44.7 Å². The van der Waals surface area contributed by atoms with Crippen molar-refractivity contribution in [1.29, 1.82) is 0 Å². The van der Waals surface area contributed by atoms with Crippen LogP contribution < -0.4 is 5.32 Å². The van der Waals surface area contributed by atoms with E-state index in [1.807, 2.05) is 0 Å². The van der Waals surface area contributed by atoms with E-state index in [1.54, 1.807) is 0 Å². The molecule has 0 radical (unpaired) electrons. The predicted octanol–water partition coefficient (Wildman–Crippen LogP) is 2.64. The Bertz CT molecular complexity index is 187. The number of hydrogen-bond donors (Lipinski definition) is 1. The zero-order valence-electron chi connectivity index (χ0n) is 10.9. The maximum absolute atomic E-state index is 3.78. The van der Waals surface area contributed by atoms with Gasteiger partial charge in [0.15, 0.2) is 0 Å². The molecule has 0 spiro atoms. The first-order valence-electron chi connectivity index (χ1n) is 7.32. The molecule has 2 rings (SSSR count). The van der Waals surface area contributed by atoms with Gasteiger partial charge in [-0.15, -0.1) is 0 Å². The van der Waals surface area contributed by atoms with Crippen molar-refractivity contribution in [2.24, 2.45) is 5.92 Å². The molecule has 0 amide bonds. The zero-order valence-corrected chi connectivity index (χ0v) is 10.9. The van der Waals surface area contributed by atoms with Gasteiger partial charge in [-0.3, -0.25) is 0 Å². The lowest BCUT2D eigenvalue weighted by Gasteiger charge is -2.31. The lowest BCUT2D eigenvalue weighted by atomic mass is 9.86.